The number of hydrogen-bond donors (Lipinski definition) is 2. The third-order valence-electron chi connectivity index (χ3n) is 3.58. The fraction of sp³-hybridized carbons (Fsp3) is 0.500. The molecule has 0 saturated heterocycles. The van der Waals surface area contributed by atoms with Gasteiger partial charge in [0.05, 0.1) is 0 Å². The van der Waals surface area contributed by atoms with Crippen LogP contribution in [0.2, 0.25) is 0 Å². The third-order valence-corrected chi connectivity index (χ3v) is 3.58. The molecule has 0 heterocycles. The Hall–Kier alpha value is -2.04. The van der Waals surface area contributed by atoms with Crippen LogP contribution in [0.3, 0.4) is 0 Å². The fourth-order valence-corrected chi connectivity index (χ4v) is 2.45. The zero-order chi connectivity index (χ0) is 14.9. The minimum Gasteiger partial charge on any atom is -0.445 e. The van der Waals surface area contributed by atoms with Gasteiger partial charge in [-0.2, -0.15) is 0 Å². The Bertz CT molecular complexity index is 456. The Morgan fingerprint density at radius 3 is 2.52 bits per heavy atom. The van der Waals surface area contributed by atoms with E-state index >= 15 is 0 Å². The first-order chi connectivity index (χ1) is 10.2. The zero-order valence-electron chi connectivity index (χ0n) is 12.1. The number of carbonyl (C=O) groups excluding carboxylic acids is 2. The van der Waals surface area contributed by atoms with Gasteiger partial charge < -0.3 is 15.4 Å². The third kappa shape index (κ3) is 5.85. The lowest BCUT2D eigenvalue weighted by Gasteiger charge is -2.22. The maximum Gasteiger partial charge on any atom is 0.407 e. The van der Waals surface area contributed by atoms with Gasteiger partial charge in [0.1, 0.15) is 13.2 Å². The van der Waals surface area contributed by atoms with E-state index in [0.29, 0.717) is 0 Å². The highest BCUT2D eigenvalue weighted by Gasteiger charge is 2.16. The second-order valence-corrected chi connectivity index (χ2v) is 5.32. The maximum atomic E-state index is 11.7. The van der Waals surface area contributed by atoms with E-state index in [1.807, 2.05) is 30.3 Å². The molecule has 2 N–H and O–H groups in total. The van der Waals surface area contributed by atoms with E-state index in [9.17, 15) is 9.59 Å². The van der Waals surface area contributed by atoms with Gasteiger partial charge in [0.15, 0.2) is 0 Å². The molecule has 21 heavy (non-hydrogen) atoms. The molecule has 0 aliphatic heterocycles. The van der Waals surface area contributed by atoms with Crippen LogP contribution in [0.4, 0.5) is 4.79 Å². The number of rotatable bonds is 5. The first kappa shape index (κ1) is 15.4. The monoisotopic (exact) mass is 290 g/mol. The number of hydrogen-bond acceptors (Lipinski definition) is 3. The van der Waals surface area contributed by atoms with Crippen molar-refractivity contribution in [1.29, 1.82) is 0 Å². The summed E-state index contributed by atoms with van der Waals surface area (Å²) in [6.07, 6.45) is 5.07. The van der Waals surface area contributed by atoms with Crippen molar-refractivity contribution < 1.29 is 14.3 Å². The highest BCUT2D eigenvalue weighted by Crippen LogP contribution is 2.17. The van der Waals surface area contributed by atoms with Crippen LogP contribution in [-0.2, 0) is 16.1 Å². The first-order valence-electron chi connectivity index (χ1n) is 7.48. The fourth-order valence-electron chi connectivity index (χ4n) is 2.45. The van der Waals surface area contributed by atoms with Gasteiger partial charge in [0.25, 0.3) is 0 Å². The highest BCUT2D eigenvalue weighted by molar-refractivity contribution is 5.82. The molecule has 1 saturated carbocycles. The predicted molar refractivity (Wildman–Crippen MR) is 79.6 cm³/mol. The molecule has 1 aliphatic rings. The largest absolute Gasteiger partial charge is 0.445 e. The van der Waals surface area contributed by atoms with Gasteiger partial charge in [-0.05, 0) is 18.4 Å². The second-order valence-electron chi connectivity index (χ2n) is 5.32. The number of benzene rings is 1. The van der Waals surface area contributed by atoms with E-state index in [1.54, 1.807) is 0 Å². The minimum atomic E-state index is -0.572. The molecule has 2 amide bonds. The van der Waals surface area contributed by atoms with Gasteiger partial charge in [-0.3, -0.25) is 4.79 Å². The molecule has 0 bridgehead atoms. The molecule has 2 rings (SSSR count). The summed E-state index contributed by atoms with van der Waals surface area (Å²) in [7, 11) is 0. The lowest BCUT2D eigenvalue weighted by molar-refractivity contribution is -0.121. The predicted octanol–water partition coefficient (Wildman–Crippen LogP) is 2.36. The maximum absolute atomic E-state index is 11.7. The summed E-state index contributed by atoms with van der Waals surface area (Å²) in [5.74, 6) is -0.154. The molecule has 1 aromatic carbocycles. The topological polar surface area (TPSA) is 67.4 Å². The molecule has 1 fully saturated rings. The van der Waals surface area contributed by atoms with Crippen LogP contribution in [0.1, 0.15) is 37.7 Å². The normalized spacial score (nSPS) is 15.2. The molecular weight excluding hydrogens is 268 g/mol. The van der Waals surface area contributed by atoms with Crippen LogP contribution in [0.5, 0.6) is 0 Å². The molecule has 0 aromatic heterocycles. The first-order valence-corrected chi connectivity index (χ1v) is 7.48. The zero-order valence-corrected chi connectivity index (χ0v) is 12.1. The Labute approximate surface area is 125 Å². The summed E-state index contributed by atoms with van der Waals surface area (Å²) in [6.45, 7) is 0.168. The quantitative estimate of drug-likeness (QED) is 0.874. The number of nitrogens with one attached hydrogen (secondary N) is 2. The van der Waals surface area contributed by atoms with Gasteiger partial charge in [0, 0.05) is 6.04 Å². The highest BCUT2D eigenvalue weighted by atomic mass is 16.5. The Morgan fingerprint density at radius 2 is 1.81 bits per heavy atom. The lowest BCUT2D eigenvalue weighted by atomic mass is 9.95. The van der Waals surface area contributed by atoms with Gasteiger partial charge >= 0.3 is 6.09 Å². The molecule has 5 nitrogen and oxygen atoms in total. The summed E-state index contributed by atoms with van der Waals surface area (Å²) in [4.78, 5) is 23.2. The van der Waals surface area contributed by atoms with Gasteiger partial charge in [-0.1, -0.05) is 49.6 Å². The van der Waals surface area contributed by atoms with Crippen molar-refractivity contribution in [3.8, 4) is 0 Å². The summed E-state index contributed by atoms with van der Waals surface area (Å²) in [6, 6.07) is 9.68. The van der Waals surface area contributed by atoms with Crippen LogP contribution in [0.25, 0.3) is 0 Å². The van der Waals surface area contributed by atoms with E-state index in [0.717, 1.165) is 31.2 Å². The van der Waals surface area contributed by atoms with Crippen molar-refractivity contribution in [3.63, 3.8) is 0 Å². The second kappa shape index (κ2) is 8.29. The SMILES string of the molecule is O=C(CNC(=O)OCc1ccccc1)NC1CCCCC1. The molecule has 5 heteroatoms. The standard InChI is InChI=1S/C16H22N2O3/c19-15(18-14-9-5-2-6-10-14)11-17-16(20)21-12-13-7-3-1-4-8-13/h1,3-4,7-8,14H,2,5-6,9-12H2,(H,17,20)(H,18,19). The van der Waals surface area contributed by atoms with Crippen LogP contribution in [0, 0.1) is 0 Å². The van der Waals surface area contributed by atoms with Crippen LogP contribution >= 0.6 is 0 Å². The van der Waals surface area contributed by atoms with Crippen molar-refractivity contribution in [2.24, 2.45) is 0 Å². The smallest absolute Gasteiger partial charge is 0.407 e. The van der Waals surface area contributed by atoms with E-state index in [2.05, 4.69) is 10.6 Å². The van der Waals surface area contributed by atoms with Crippen LogP contribution in [0.15, 0.2) is 30.3 Å². The average molecular weight is 290 g/mol. The van der Waals surface area contributed by atoms with E-state index in [4.69, 9.17) is 4.74 Å². The van der Waals surface area contributed by atoms with Crippen molar-refractivity contribution >= 4 is 12.0 Å². The number of alkyl carbamates (subject to hydrolysis) is 1. The summed E-state index contributed by atoms with van der Waals surface area (Å²) in [5.41, 5.74) is 0.916. The number of amides is 2. The molecule has 1 aliphatic carbocycles. The molecule has 0 spiro atoms. The number of ether oxygens (including phenoxy) is 1. The van der Waals surface area contributed by atoms with E-state index < -0.39 is 6.09 Å². The Balaban J connectivity index is 1.60. The molecule has 0 unspecified atom stereocenters. The van der Waals surface area contributed by atoms with Crippen LogP contribution < -0.4 is 10.6 Å². The van der Waals surface area contributed by atoms with Crippen molar-refractivity contribution in [1.82, 2.24) is 10.6 Å². The van der Waals surface area contributed by atoms with Gasteiger partial charge in [0.2, 0.25) is 5.91 Å². The van der Waals surface area contributed by atoms with E-state index in [-0.39, 0.29) is 25.1 Å². The average Bonchev–Trinajstić information content (AvgIpc) is 2.53. The summed E-state index contributed by atoms with van der Waals surface area (Å²) >= 11 is 0. The molecule has 114 valence electrons. The molecule has 1 aromatic rings. The number of carbonyl (C=O) groups is 2. The summed E-state index contributed by atoms with van der Waals surface area (Å²) < 4.78 is 5.04. The minimum absolute atomic E-state index is 0.0376. The van der Waals surface area contributed by atoms with Crippen molar-refractivity contribution in [2.45, 2.75) is 44.8 Å². The van der Waals surface area contributed by atoms with E-state index in [1.165, 1.54) is 6.42 Å². The Morgan fingerprint density at radius 1 is 1.10 bits per heavy atom. The van der Waals surface area contributed by atoms with Gasteiger partial charge in [-0.15, -0.1) is 0 Å². The molecule has 0 atom stereocenters. The lowest BCUT2D eigenvalue weighted by Crippen LogP contribution is -2.42. The van der Waals surface area contributed by atoms with Crippen molar-refractivity contribution in [3.05, 3.63) is 35.9 Å². The molecule has 0 radical (unpaired) electrons. The van der Waals surface area contributed by atoms with Crippen LogP contribution in [-0.4, -0.2) is 24.6 Å². The molecular formula is C16H22N2O3. The Kier molecular flexibility index (Phi) is 6.06. The summed E-state index contributed by atoms with van der Waals surface area (Å²) in [5, 5.41) is 5.41. The van der Waals surface area contributed by atoms with Gasteiger partial charge in [-0.25, -0.2) is 4.79 Å². The van der Waals surface area contributed by atoms with Crippen molar-refractivity contribution in [2.75, 3.05) is 6.54 Å².